The molecule has 0 radical (unpaired) electrons. The van der Waals surface area contributed by atoms with E-state index in [9.17, 15) is 4.79 Å². The van der Waals surface area contributed by atoms with Crippen molar-refractivity contribution in [3.63, 3.8) is 0 Å². The van der Waals surface area contributed by atoms with Crippen LogP contribution >= 0.6 is 0 Å². The molecule has 0 fully saturated rings. The predicted molar refractivity (Wildman–Crippen MR) is 40.7 cm³/mol. The largest absolute Gasteiger partial charge is 0.347 e. The fourth-order valence-corrected chi connectivity index (χ4v) is 0.720. The zero-order valence-corrected chi connectivity index (χ0v) is 6.66. The van der Waals surface area contributed by atoms with E-state index in [4.69, 9.17) is 0 Å². The number of aromatic nitrogens is 2. The second kappa shape index (κ2) is 3.18. The third-order valence-electron chi connectivity index (χ3n) is 1.48. The molecule has 0 saturated heterocycles. The first-order valence-corrected chi connectivity index (χ1v) is 3.40. The Balaban J connectivity index is 2.50. The van der Waals surface area contributed by atoms with Crippen molar-refractivity contribution in [2.24, 2.45) is 0 Å². The van der Waals surface area contributed by atoms with Crippen LogP contribution in [-0.2, 0) is 11.3 Å². The molecule has 0 atom stereocenters. The SMILES string of the molecule is CC(=O)N(C)Cc1ncc[nH]1. The van der Waals surface area contributed by atoms with E-state index in [-0.39, 0.29) is 5.91 Å². The summed E-state index contributed by atoms with van der Waals surface area (Å²) in [5, 5.41) is 0. The van der Waals surface area contributed by atoms with E-state index >= 15 is 0 Å². The lowest BCUT2D eigenvalue weighted by atomic mass is 10.5. The number of rotatable bonds is 2. The fourth-order valence-electron chi connectivity index (χ4n) is 0.720. The molecule has 1 N–H and O–H groups in total. The van der Waals surface area contributed by atoms with Gasteiger partial charge >= 0.3 is 0 Å². The smallest absolute Gasteiger partial charge is 0.219 e. The van der Waals surface area contributed by atoms with Gasteiger partial charge in [-0.15, -0.1) is 0 Å². The zero-order chi connectivity index (χ0) is 8.27. The Hall–Kier alpha value is -1.32. The number of hydrogen-bond donors (Lipinski definition) is 1. The average Bonchev–Trinajstić information content (AvgIpc) is 2.39. The Morgan fingerprint density at radius 3 is 3.00 bits per heavy atom. The van der Waals surface area contributed by atoms with Crippen LogP contribution in [0, 0.1) is 0 Å². The number of nitrogens with one attached hydrogen (secondary N) is 1. The molecule has 0 saturated carbocycles. The highest BCUT2D eigenvalue weighted by Gasteiger charge is 2.03. The van der Waals surface area contributed by atoms with Gasteiger partial charge in [0, 0.05) is 26.4 Å². The fraction of sp³-hybridized carbons (Fsp3) is 0.429. The summed E-state index contributed by atoms with van der Waals surface area (Å²) >= 11 is 0. The van der Waals surface area contributed by atoms with Gasteiger partial charge in [-0.25, -0.2) is 4.98 Å². The van der Waals surface area contributed by atoms with Crippen LogP contribution in [0.2, 0.25) is 0 Å². The summed E-state index contributed by atoms with van der Waals surface area (Å²) in [6, 6.07) is 0. The quantitative estimate of drug-likeness (QED) is 0.668. The van der Waals surface area contributed by atoms with Crippen LogP contribution in [0.3, 0.4) is 0 Å². The van der Waals surface area contributed by atoms with E-state index in [0.717, 1.165) is 5.82 Å². The predicted octanol–water partition coefficient (Wildman–Crippen LogP) is 0.388. The molecular weight excluding hydrogens is 142 g/mol. The molecule has 1 aromatic rings. The molecule has 0 spiro atoms. The molecule has 4 heteroatoms. The molecule has 0 aromatic carbocycles. The zero-order valence-electron chi connectivity index (χ0n) is 6.66. The molecular formula is C7H11N3O. The minimum Gasteiger partial charge on any atom is -0.347 e. The van der Waals surface area contributed by atoms with E-state index in [0.29, 0.717) is 6.54 Å². The maximum Gasteiger partial charge on any atom is 0.219 e. The van der Waals surface area contributed by atoms with Gasteiger partial charge in [0.05, 0.1) is 6.54 Å². The molecule has 60 valence electrons. The van der Waals surface area contributed by atoms with Gasteiger partial charge < -0.3 is 9.88 Å². The summed E-state index contributed by atoms with van der Waals surface area (Å²) in [4.78, 5) is 19.3. The highest BCUT2D eigenvalue weighted by Crippen LogP contribution is 1.94. The Morgan fingerprint density at radius 1 is 1.82 bits per heavy atom. The molecule has 0 aliphatic heterocycles. The number of H-pyrrole nitrogens is 1. The number of amides is 1. The third-order valence-corrected chi connectivity index (χ3v) is 1.48. The number of imidazole rings is 1. The summed E-state index contributed by atoms with van der Waals surface area (Å²) in [7, 11) is 1.74. The summed E-state index contributed by atoms with van der Waals surface area (Å²) in [5.74, 6) is 0.851. The van der Waals surface area contributed by atoms with Crippen molar-refractivity contribution in [2.75, 3.05) is 7.05 Å². The first-order valence-electron chi connectivity index (χ1n) is 3.40. The molecule has 0 bridgehead atoms. The molecule has 1 heterocycles. The minimum absolute atomic E-state index is 0.0430. The third kappa shape index (κ3) is 2.07. The van der Waals surface area contributed by atoms with Crippen molar-refractivity contribution in [3.05, 3.63) is 18.2 Å². The van der Waals surface area contributed by atoms with Crippen molar-refractivity contribution < 1.29 is 4.79 Å². The summed E-state index contributed by atoms with van der Waals surface area (Å²) in [6.07, 6.45) is 3.41. The van der Waals surface area contributed by atoms with Gasteiger partial charge in [-0.2, -0.15) is 0 Å². The van der Waals surface area contributed by atoms with Gasteiger partial charge in [0.25, 0.3) is 0 Å². The molecule has 11 heavy (non-hydrogen) atoms. The highest BCUT2D eigenvalue weighted by molar-refractivity contribution is 5.72. The van der Waals surface area contributed by atoms with Gasteiger partial charge in [0.2, 0.25) is 5.91 Å². The molecule has 0 aliphatic rings. The lowest BCUT2D eigenvalue weighted by Gasteiger charge is -2.11. The Kier molecular flexibility index (Phi) is 2.25. The number of aromatic amines is 1. The van der Waals surface area contributed by atoms with Gasteiger partial charge in [0.15, 0.2) is 0 Å². The van der Waals surface area contributed by atoms with E-state index < -0.39 is 0 Å². The Bertz CT molecular complexity index is 230. The average molecular weight is 153 g/mol. The van der Waals surface area contributed by atoms with Crippen LogP contribution in [0.1, 0.15) is 12.7 Å². The maximum absolute atomic E-state index is 10.8. The van der Waals surface area contributed by atoms with Gasteiger partial charge in [-0.3, -0.25) is 4.79 Å². The lowest BCUT2D eigenvalue weighted by molar-refractivity contribution is -0.128. The van der Waals surface area contributed by atoms with E-state index in [2.05, 4.69) is 9.97 Å². The molecule has 4 nitrogen and oxygen atoms in total. The van der Waals surface area contributed by atoms with E-state index in [1.54, 1.807) is 24.3 Å². The molecule has 1 amide bonds. The topological polar surface area (TPSA) is 49.0 Å². The van der Waals surface area contributed by atoms with Crippen LogP contribution in [-0.4, -0.2) is 27.8 Å². The maximum atomic E-state index is 10.8. The Labute approximate surface area is 65.2 Å². The highest BCUT2D eigenvalue weighted by atomic mass is 16.2. The Morgan fingerprint density at radius 2 is 2.55 bits per heavy atom. The molecule has 1 rings (SSSR count). The van der Waals surface area contributed by atoms with Crippen LogP contribution < -0.4 is 0 Å². The summed E-state index contributed by atoms with van der Waals surface area (Å²) < 4.78 is 0. The normalized spacial score (nSPS) is 9.64. The number of carbonyl (C=O) groups is 1. The first-order chi connectivity index (χ1) is 5.20. The van der Waals surface area contributed by atoms with Crippen molar-refractivity contribution in [1.29, 1.82) is 0 Å². The van der Waals surface area contributed by atoms with Gasteiger partial charge in [-0.1, -0.05) is 0 Å². The summed E-state index contributed by atoms with van der Waals surface area (Å²) in [6.45, 7) is 2.07. The molecule has 0 aliphatic carbocycles. The van der Waals surface area contributed by atoms with Gasteiger partial charge in [-0.05, 0) is 0 Å². The lowest BCUT2D eigenvalue weighted by Crippen LogP contribution is -2.23. The van der Waals surface area contributed by atoms with Crippen LogP contribution in [0.4, 0.5) is 0 Å². The van der Waals surface area contributed by atoms with E-state index in [1.807, 2.05) is 0 Å². The van der Waals surface area contributed by atoms with Crippen LogP contribution in [0.25, 0.3) is 0 Å². The first kappa shape index (κ1) is 7.78. The van der Waals surface area contributed by atoms with Crippen molar-refractivity contribution in [1.82, 2.24) is 14.9 Å². The molecule has 0 unspecified atom stereocenters. The van der Waals surface area contributed by atoms with E-state index in [1.165, 1.54) is 6.92 Å². The second-order valence-corrected chi connectivity index (χ2v) is 2.41. The van der Waals surface area contributed by atoms with Gasteiger partial charge in [0.1, 0.15) is 5.82 Å². The van der Waals surface area contributed by atoms with Crippen LogP contribution in [0.5, 0.6) is 0 Å². The van der Waals surface area contributed by atoms with Crippen molar-refractivity contribution in [2.45, 2.75) is 13.5 Å². The van der Waals surface area contributed by atoms with Crippen molar-refractivity contribution >= 4 is 5.91 Å². The monoisotopic (exact) mass is 153 g/mol. The standard InChI is InChI=1S/C7H11N3O/c1-6(11)10(2)5-7-8-3-4-9-7/h3-4H,5H2,1-2H3,(H,8,9). The number of hydrogen-bond acceptors (Lipinski definition) is 2. The second-order valence-electron chi connectivity index (χ2n) is 2.41. The van der Waals surface area contributed by atoms with Crippen molar-refractivity contribution in [3.8, 4) is 0 Å². The minimum atomic E-state index is 0.0430. The van der Waals surface area contributed by atoms with Crippen LogP contribution in [0.15, 0.2) is 12.4 Å². The number of nitrogens with zero attached hydrogens (tertiary/aromatic N) is 2. The summed E-state index contributed by atoms with van der Waals surface area (Å²) in [5.41, 5.74) is 0. The number of carbonyl (C=O) groups excluding carboxylic acids is 1. The molecule has 1 aromatic heterocycles.